The largest absolute Gasteiger partial charge is 0.497 e. The van der Waals surface area contributed by atoms with Crippen LogP contribution in [0.3, 0.4) is 0 Å². The summed E-state index contributed by atoms with van der Waals surface area (Å²) >= 11 is 3.48. The molecule has 0 spiro atoms. The second kappa shape index (κ2) is 16.6. The summed E-state index contributed by atoms with van der Waals surface area (Å²) in [6, 6.07) is 25.1. The van der Waals surface area contributed by atoms with Crippen LogP contribution >= 0.6 is 15.9 Å². The van der Waals surface area contributed by atoms with E-state index in [-0.39, 0.29) is 46.7 Å². The lowest BCUT2D eigenvalue weighted by Crippen LogP contribution is -2.54. The van der Waals surface area contributed by atoms with Gasteiger partial charge in [-0.3, -0.25) is 24.0 Å². The summed E-state index contributed by atoms with van der Waals surface area (Å²) in [6.45, 7) is 4.62. The van der Waals surface area contributed by atoms with Crippen LogP contribution in [0.15, 0.2) is 106 Å². The SMILES string of the molecule is CC[C@H](C)NC(=O)[C@H](Cc1ccccc1)N(Cc1cccc(Br)c1)C(=O)CN(c1ccc(OC)cc1)S(=O)(=O)c1ccc(C)c([N+](=O)[O-])c1. The number of amides is 2. The number of anilines is 1. The van der Waals surface area contributed by atoms with E-state index in [0.29, 0.717) is 17.7 Å². The van der Waals surface area contributed by atoms with Gasteiger partial charge in [0.1, 0.15) is 18.3 Å². The summed E-state index contributed by atoms with van der Waals surface area (Å²) < 4.78 is 35.6. The lowest BCUT2D eigenvalue weighted by Gasteiger charge is -2.34. The molecule has 0 saturated carbocycles. The molecule has 2 amide bonds. The third-order valence-corrected chi connectivity index (χ3v) is 10.4. The smallest absolute Gasteiger partial charge is 0.273 e. The molecule has 258 valence electrons. The van der Waals surface area contributed by atoms with Crippen molar-refractivity contribution in [2.24, 2.45) is 0 Å². The van der Waals surface area contributed by atoms with Crippen LogP contribution in [-0.4, -0.2) is 55.8 Å². The Hall–Kier alpha value is -4.75. The van der Waals surface area contributed by atoms with Gasteiger partial charge in [0.25, 0.3) is 15.7 Å². The predicted octanol–water partition coefficient (Wildman–Crippen LogP) is 6.42. The summed E-state index contributed by atoms with van der Waals surface area (Å²) in [7, 11) is -3.08. The van der Waals surface area contributed by atoms with Gasteiger partial charge in [0.2, 0.25) is 11.8 Å². The number of carbonyl (C=O) groups is 2. The number of aryl methyl sites for hydroxylation is 1. The zero-order valence-electron chi connectivity index (χ0n) is 27.7. The standard InChI is InChI=1S/C36H39BrN4O7S/c1-5-26(3)38-36(43)34(21-27-10-7-6-8-11-27)39(23-28-12-9-13-29(37)20-28)35(42)24-40(30-15-17-31(48-4)18-16-30)49(46,47)32-19-14-25(2)33(22-32)41(44)45/h6-20,22,26,34H,5,21,23-24H2,1-4H3,(H,38,43)/t26-,34-/m0/s1. The molecule has 4 rings (SSSR count). The van der Waals surface area contributed by atoms with Crippen LogP contribution in [0.4, 0.5) is 11.4 Å². The van der Waals surface area contributed by atoms with Crippen molar-refractivity contribution in [1.82, 2.24) is 10.2 Å². The van der Waals surface area contributed by atoms with Crippen molar-refractivity contribution in [3.05, 3.63) is 128 Å². The molecule has 0 unspecified atom stereocenters. The number of nitrogens with one attached hydrogen (secondary N) is 1. The summed E-state index contributed by atoms with van der Waals surface area (Å²) in [5.74, 6) is -0.574. The summed E-state index contributed by atoms with van der Waals surface area (Å²) in [5.41, 5.74) is 1.56. The first-order valence-electron chi connectivity index (χ1n) is 15.6. The highest BCUT2D eigenvalue weighted by Gasteiger charge is 2.35. The summed E-state index contributed by atoms with van der Waals surface area (Å²) in [5, 5.41) is 14.8. The van der Waals surface area contributed by atoms with E-state index in [1.54, 1.807) is 12.1 Å². The van der Waals surface area contributed by atoms with Gasteiger partial charge in [-0.15, -0.1) is 0 Å². The number of carbonyl (C=O) groups excluding carboxylic acids is 2. The number of nitro benzene ring substituents is 1. The zero-order chi connectivity index (χ0) is 35.7. The molecule has 0 heterocycles. The summed E-state index contributed by atoms with van der Waals surface area (Å²) in [6.07, 6.45) is 0.831. The van der Waals surface area contributed by atoms with E-state index in [0.717, 1.165) is 20.4 Å². The maximum Gasteiger partial charge on any atom is 0.273 e. The summed E-state index contributed by atoms with van der Waals surface area (Å²) in [4.78, 5) is 40.7. The van der Waals surface area contributed by atoms with Gasteiger partial charge >= 0.3 is 0 Å². The van der Waals surface area contributed by atoms with E-state index < -0.39 is 33.4 Å². The van der Waals surface area contributed by atoms with Crippen molar-refractivity contribution in [2.45, 2.75) is 57.1 Å². The van der Waals surface area contributed by atoms with E-state index in [1.165, 1.54) is 43.2 Å². The second-order valence-electron chi connectivity index (χ2n) is 11.6. The van der Waals surface area contributed by atoms with E-state index in [2.05, 4.69) is 21.2 Å². The monoisotopic (exact) mass is 750 g/mol. The molecule has 49 heavy (non-hydrogen) atoms. The molecule has 0 fully saturated rings. The molecule has 4 aromatic carbocycles. The molecule has 4 aromatic rings. The van der Waals surface area contributed by atoms with Crippen molar-refractivity contribution < 1.29 is 27.7 Å². The third kappa shape index (κ3) is 9.45. The quantitative estimate of drug-likeness (QED) is 0.109. The van der Waals surface area contributed by atoms with E-state index >= 15 is 0 Å². The van der Waals surface area contributed by atoms with Crippen LogP contribution in [-0.2, 0) is 32.6 Å². The van der Waals surface area contributed by atoms with E-state index in [9.17, 15) is 28.1 Å². The fourth-order valence-electron chi connectivity index (χ4n) is 5.18. The molecule has 0 aliphatic carbocycles. The number of sulfonamides is 1. The zero-order valence-corrected chi connectivity index (χ0v) is 30.1. The first-order chi connectivity index (χ1) is 23.3. The maximum absolute atomic E-state index is 14.6. The number of nitro groups is 1. The lowest BCUT2D eigenvalue weighted by molar-refractivity contribution is -0.385. The maximum atomic E-state index is 14.6. The van der Waals surface area contributed by atoms with E-state index in [4.69, 9.17) is 4.74 Å². The molecule has 0 saturated heterocycles. The predicted molar refractivity (Wildman–Crippen MR) is 192 cm³/mol. The van der Waals surface area contributed by atoms with Gasteiger partial charge in [-0.25, -0.2) is 8.42 Å². The average molecular weight is 752 g/mol. The van der Waals surface area contributed by atoms with Crippen LogP contribution < -0.4 is 14.4 Å². The van der Waals surface area contributed by atoms with Gasteiger partial charge in [-0.2, -0.15) is 0 Å². The van der Waals surface area contributed by atoms with Gasteiger partial charge in [-0.05, 0) is 73.9 Å². The number of ether oxygens (including phenoxy) is 1. The van der Waals surface area contributed by atoms with Crippen molar-refractivity contribution in [3.63, 3.8) is 0 Å². The highest BCUT2D eigenvalue weighted by molar-refractivity contribution is 9.10. The Morgan fingerprint density at radius 1 is 0.959 bits per heavy atom. The highest BCUT2D eigenvalue weighted by Crippen LogP contribution is 2.30. The molecule has 0 aliphatic rings. The van der Waals surface area contributed by atoms with Crippen molar-refractivity contribution >= 4 is 49.1 Å². The molecular weight excluding hydrogens is 712 g/mol. The molecule has 0 radical (unpaired) electrons. The number of nitrogens with zero attached hydrogens (tertiary/aromatic N) is 3. The second-order valence-corrected chi connectivity index (χ2v) is 14.4. The van der Waals surface area contributed by atoms with Crippen LogP contribution in [0.25, 0.3) is 0 Å². The minimum atomic E-state index is -4.55. The number of benzene rings is 4. The highest BCUT2D eigenvalue weighted by atomic mass is 79.9. The Bertz CT molecular complexity index is 1890. The topological polar surface area (TPSA) is 139 Å². The lowest BCUT2D eigenvalue weighted by atomic mass is 10.0. The molecular formula is C36H39BrN4O7S. The van der Waals surface area contributed by atoms with E-state index in [1.807, 2.05) is 68.4 Å². The first-order valence-corrected chi connectivity index (χ1v) is 17.9. The molecule has 0 bridgehead atoms. The fourth-order valence-corrected chi connectivity index (χ4v) is 7.06. The molecule has 0 aromatic heterocycles. The Labute approximate surface area is 295 Å². The number of methoxy groups -OCH3 is 1. The van der Waals surface area contributed by atoms with Crippen molar-refractivity contribution in [1.29, 1.82) is 0 Å². The van der Waals surface area contributed by atoms with Crippen LogP contribution in [0.2, 0.25) is 0 Å². The number of hydrogen-bond donors (Lipinski definition) is 1. The Kier molecular flexibility index (Phi) is 12.5. The Balaban J connectivity index is 1.85. The minimum Gasteiger partial charge on any atom is -0.497 e. The van der Waals surface area contributed by atoms with Gasteiger partial charge in [0.15, 0.2) is 0 Å². The molecule has 2 atom stereocenters. The molecule has 11 nitrogen and oxygen atoms in total. The molecule has 1 N–H and O–H groups in total. The number of halogens is 1. The normalized spacial score (nSPS) is 12.4. The Morgan fingerprint density at radius 2 is 1.63 bits per heavy atom. The third-order valence-electron chi connectivity index (χ3n) is 8.12. The van der Waals surface area contributed by atoms with Crippen molar-refractivity contribution in [3.8, 4) is 5.75 Å². The van der Waals surface area contributed by atoms with Gasteiger partial charge in [0, 0.05) is 35.1 Å². The minimum absolute atomic E-state index is 0.00377. The number of hydrogen-bond acceptors (Lipinski definition) is 7. The number of rotatable bonds is 15. The van der Waals surface area contributed by atoms with Gasteiger partial charge in [-0.1, -0.05) is 71.4 Å². The van der Waals surface area contributed by atoms with Crippen molar-refractivity contribution in [2.75, 3.05) is 18.0 Å². The molecule has 13 heteroatoms. The van der Waals surface area contributed by atoms with Crippen LogP contribution in [0.5, 0.6) is 5.75 Å². The van der Waals surface area contributed by atoms with Gasteiger partial charge in [0.05, 0.1) is 22.6 Å². The van der Waals surface area contributed by atoms with Crippen LogP contribution in [0, 0.1) is 17.0 Å². The van der Waals surface area contributed by atoms with Gasteiger partial charge < -0.3 is 15.0 Å². The van der Waals surface area contributed by atoms with Crippen LogP contribution in [0.1, 0.15) is 37.0 Å². The Morgan fingerprint density at radius 3 is 2.24 bits per heavy atom. The first kappa shape index (κ1) is 37.1. The average Bonchev–Trinajstić information content (AvgIpc) is 3.09. The molecule has 0 aliphatic heterocycles. The fraction of sp³-hybridized carbons (Fsp3) is 0.278.